The Kier molecular flexibility index (Phi) is 6.49. The van der Waals surface area contributed by atoms with E-state index in [1.165, 1.54) is 9.13 Å². The number of benzene rings is 1. The van der Waals surface area contributed by atoms with Gasteiger partial charge in [0.25, 0.3) is 0 Å². The van der Waals surface area contributed by atoms with Gasteiger partial charge in [0.1, 0.15) is 5.84 Å². The van der Waals surface area contributed by atoms with Crippen LogP contribution in [0.2, 0.25) is 0 Å². The maximum absolute atomic E-state index is 6.15. The van der Waals surface area contributed by atoms with Crippen molar-refractivity contribution in [2.75, 3.05) is 19.5 Å². The molecule has 1 aliphatic carbocycles. The van der Waals surface area contributed by atoms with Gasteiger partial charge in [-0.1, -0.05) is 43.5 Å². The number of hydrogen-bond acceptors (Lipinski definition) is 4. The number of hydrogen-bond donors (Lipinski definition) is 3. The van der Waals surface area contributed by atoms with Gasteiger partial charge in [0.15, 0.2) is 0 Å². The summed E-state index contributed by atoms with van der Waals surface area (Å²) in [6.07, 6.45) is 4.82. The molecule has 0 saturated carbocycles. The van der Waals surface area contributed by atoms with E-state index in [4.69, 9.17) is 10.6 Å². The molecule has 2 rings (SSSR count). The molecule has 1 atom stereocenters. The number of rotatable bonds is 5. The molecule has 0 aliphatic heterocycles. The Morgan fingerprint density at radius 1 is 1.48 bits per heavy atom. The van der Waals surface area contributed by atoms with Crippen LogP contribution in [0.1, 0.15) is 12.0 Å². The van der Waals surface area contributed by atoms with Crippen LogP contribution >= 0.6 is 20.7 Å². The Balaban J connectivity index is 2.26. The molecule has 0 radical (unpaired) electrons. The lowest BCUT2D eigenvalue weighted by atomic mass is 9.99. The SMILES string of the molecule is C=Ic1cc(NC(=NC)C2=CC(NOC)CC=C2N)ccc1C. The molecule has 124 valence electrons. The first-order chi connectivity index (χ1) is 11.1. The Morgan fingerprint density at radius 2 is 2.26 bits per heavy atom. The molecule has 0 heterocycles. The van der Waals surface area contributed by atoms with Crippen LogP contribution in [0.4, 0.5) is 5.69 Å². The first-order valence-corrected chi connectivity index (χ1v) is 9.89. The summed E-state index contributed by atoms with van der Waals surface area (Å²) in [5.74, 6) is 0.749. The molecule has 1 aromatic carbocycles. The third-order valence-electron chi connectivity index (χ3n) is 3.60. The lowest BCUT2D eigenvalue weighted by Gasteiger charge is -2.22. The fraction of sp³-hybridized carbons (Fsp3) is 0.294. The average Bonchev–Trinajstić information content (AvgIpc) is 2.56. The maximum Gasteiger partial charge on any atom is 0.134 e. The number of amidine groups is 1. The molecular weight excluding hydrogens is 403 g/mol. The lowest BCUT2D eigenvalue weighted by Crippen LogP contribution is -2.31. The molecule has 0 amide bonds. The molecule has 0 bridgehead atoms. The molecule has 1 aromatic rings. The molecule has 23 heavy (non-hydrogen) atoms. The number of hydroxylamine groups is 1. The van der Waals surface area contributed by atoms with Crippen molar-refractivity contribution in [1.82, 2.24) is 5.48 Å². The third kappa shape index (κ3) is 4.49. The summed E-state index contributed by atoms with van der Waals surface area (Å²) in [6.45, 7) is 2.12. The zero-order valence-corrected chi connectivity index (χ0v) is 15.8. The second-order valence-electron chi connectivity index (χ2n) is 5.20. The van der Waals surface area contributed by atoms with Crippen LogP contribution in [0.3, 0.4) is 0 Å². The third-order valence-corrected chi connectivity index (χ3v) is 5.58. The Bertz CT molecular complexity index is 679. The van der Waals surface area contributed by atoms with Crippen molar-refractivity contribution in [3.05, 3.63) is 50.8 Å². The highest BCUT2D eigenvalue weighted by atomic mass is 127. The highest BCUT2D eigenvalue weighted by Crippen LogP contribution is 2.22. The molecule has 5 nitrogen and oxygen atoms in total. The monoisotopic (exact) mass is 426 g/mol. The summed E-state index contributed by atoms with van der Waals surface area (Å²) in [4.78, 5) is 9.38. The van der Waals surface area contributed by atoms with Crippen molar-refractivity contribution >= 4 is 36.8 Å². The smallest absolute Gasteiger partial charge is 0.134 e. The van der Waals surface area contributed by atoms with Crippen molar-refractivity contribution in [2.45, 2.75) is 19.4 Å². The van der Waals surface area contributed by atoms with Gasteiger partial charge >= 0.3 is 0 Å². The molecule has 0 spiro atoms. The van der Waals surface area contributed by atoms with Gasteiger partial charge in [-0.25, -0.2) is 0 Å². The summed E-state index contributed by atoms with van der Waals surface area (Å²) in [7, 11) is 3.37. The average molecular weight is 426 g/mol. The van der Waals surface area contributed by atoms with Gasteiger partial charge in [-0.15, -0.1) is 0 Å². The van der Waals surface area contributed by atoms with Gasteiger partial charge < -0.3 is 15.9 Å². The first-order valence-electron chi connectivity index (χ1n) is 7.28. The van der Waals surface area contributed by atoms with Crippen molar-refractivity contribution in [3.63, 3.8) is 0 Å². The number of aliphatic imine (C=N–C) groups is 1. The largest absolute Gasteiger partial charge is 0.398 e. The molecule has 1 aliphatic rings. The standard InChI is InChI=1S/C17H23IN4O/c1-11-5-6-12(10-15(11)18-2)21-17(20-3)14-9-13(22-23-4)7-8-16(14)19/h5-6,8-10,13,22H,2,7,19H2,1,3-4H3,(H,20,21). The predicted molar refractivity (Wildman–Crippen MR) is 107 cm³/mol. The van der Waals surface area contributed by atoms with Crippen molar-refractivity contribution < 1.29 is 4.84 Å². The van der Waals surface area contributed by atoms with E-state index in [2.05, 4.69) is 45.4 Å². The topological polar surface area (TPSA) is 71.7 Å². The maximum atomic E-state index is 6.15. The van der Waals surface area contributed by atoms with E-state index in [1.54, 1.807) is 14.2 Å². The van der Waals surface area contributed by atoms with Crippen LogP contribution in [0.15, 0.2) is 46.6 Å². The van der Waals surface area contributed by atoms with Gasteiger partial charge in [-0.2, -0.15) is 5.48 Å². The Morgan fingerprint density at radius 3 is 2.91 bits per heavy atom. The Labute approximate surface area is 147 Å². The van der Waals surface area contributed by atoms with E-state index >= 15 is 0 Å². The highest BCUT2D eigenvalue weighted by Gasteiger charge is 2.18. The van der Waals surface area contributed by atoms with Gasteiger partial charge in [0.2, 0.25) is 0 Å². The first kappa shape index (κ1) is 17.8. The van der Waals surface area contributed by atoms with Crippen molar-refractivity contribution in [3.8, 4) is 0 Å². The minimum Gasteiger partial charge on any atom is -0.398 e. The Hall–Kier alpha value is -1.51. The molecule has 0 saturated heterocycles. The van der Waals surface area contributed by atoms with Gasteiger partial charge in [-0.05, 0) is 31.0 Å². The van der Waals surface area contributed by atoms with Crippen LogP contribution in [-0.2, 0) is 4.84 Å². The van der Waals surface area contributed by atoms with E-state index in [-0.39, 0.29) is 26.8 Å². The number of halogens is 1. The normalized spacial score (nSPS) is 18.4. The van der Waals surface area contributed by atoms with E-state index in [0.29, 0.717) is 0 Å². The summed E-state index contributed by atoms with van der Waals surface area (Å²) in [5.41, 5.74) is 13.0. The van der Waals surface area contributed by atoms with Gasteiger partial charge in [0.05, 0.1) is 13.2 Å². The van der Waals surface area contributed by atoms with Gasteiger partial charge in [0, 0.05) is 27.6 Å². The number of aryl methyl sites for hydroxylation is 1. The molecule has 4 N–H and O–H groups in total. The van der Waals surface area contributed by atoms with Gasteiger partial charge in [-0.3, -0.25) is 4.99 Å². The van der Waals surface area contributed by atoms with Crippen molar-refractivity contribution in [1.29, 1.82) is 0 Å². The molecule has 0 aromatic heterocycles. The molecule has 1 unspecified atom stereocenters. The van der Waals surface area contributed by atoms with Crippen molar-refractivity contribution in [2.24, 2.45) is 10.7 Å². The second kappa shape index (κ2) is 8.37. The van der Waals surface area contributed by atoms with E-state index in [9.17, 15) is 0 Å². The van der Waals surface area contributed by atoms with E-state index in [1.807, 2.05) is 12.2 Å². The zero-order chi connectivity index (χ0) is 16.8. The lowest BCUT2D eigenvalue weighted by molar-refractivity contribution is 0.0739. The van der Waals surface area contributed by atoms with Crippen LogP contribution in [-0.4, -0.2) is 30.5 Å². The zero-order valence-electron chi connectivity index (χ0n) is 13.7. The molecular formula is C17H23IN4O. The van der Waals surface area contributed by atoms with Crippen LogP contribution < -0.4 is 16.5 Å². The van der Waals surface area contributed by atoms with Crippen LogP contribution in [0, 0.1) is 10.5 Å². The minimum atomic E-state index is -0.204. The summed E-state index contributed by atoms with van der Waals surface area (Å²) in [6, 6.07) is 6.40. The summed E-state index contributed by atoms with van der Waals surface area (Å²) >= 11 is -0.204. The molecule has 6 heteroatoms. The fourth-order valence-corrected chi connectivity index (χ4v) is 3.71. The fourth-order valence-electron chi connectivity index (χ4n) is 2.37. The number of anilines is 1. The van der Waals surface area contributed by atoms with Crippen LogP contribution in [0.5, 0.6) is 0 Å². The molecule has 0 fully saturated rings. The van der Waals surface area contributed by atoms with E-state index in [0.717, 1.165) is 29.2 Å². The summed E-state index contributed by atoms with van der Waals surface area (Å²) in [5, 5.41) is 3.38. The van der Waals surface area contributed by atoms with Crippen LogP contribution in [0.25, 0.3) is 0 Å². The number of nitrogens with two attached hydrogens (primary N) is 1. The highest BCUT2D eigenvalue weighted by molar-refractivity contribution is 14.2. The predicted octanol–water partition coefficient (Wildman–Crippen LogP) is 2.70. The van der Waals surface area contributed by atoms with E-state index < -0.39 is 0 Å². The number of nitrogens with one attached hydrogen (secondary N) is 2. The summed E-state index contributed by atoms with van der Waals surface area (Å²) < 4.78 is 5.40. The quantitative estimate of drug-likeness (QED) is 0.293. The number of nitrogens with zero attached hydrogens (tertiary/aromatic N) is 1. The minimum absolute atomic E-state index is 0.0835. The second-order valence-corrected chi connectivity index (χ2v) is 7.12.